The van der Waals surface area contributed by atoms with Crippen molar-refractivity contribution in [2.24, 2.45) is 13.0 Å². The Hall–Kier alpha value is -3.63. The Labute approximate surface area is 211 Å². The van der Waals surface area contributed by atoms with Crippen molar-refractivity contribution in [3.63, 3.8) is 0 Å². The van der Waals surface area contributed by atoms with Crippen LogP contribution in [0.4, 0.5) is 15.9 Å². The van der Waals surface area contributed by atoms with Crippen LogP contribution < -0.4 is 10.1 Å². The average Bonchev–Trinajstić information content (AvgIpc) is 3.55. The van der Waals surface area contributed by atoms with Crippen molar-refractivity contribution < 1.29 is 13.9 Å². The minimum absolute atomic E-state index is 0.0421. The number of ether oxygens (including phenoxy) is 2. The first-order chi connectivity index (χ1) is 17.6. The number of anilines is 2. The molecule has 6 rings (SSSR count). The summed E-state index contributed by atoms with van der Waals surface area (Å²) in [5.41, 5.74) is 5.19. The fourth-order valence-electron chi connectivity index (χ4n) is 4.68. The summed E-state index contributed by atoms with van der Waals surface area (Å²) >= 11 is 1.27. The van der Waals surface area contributed by atoms with Gasteiger partial charge < -0.3 is 14.8 Å². The van der Waals surface area contributed by atoms with Crippen LogP contribution in [0.2, 0.25) is 0 Å². The Morgan fingerprint density at radius 1 is 1.14 bits per heavy atom. The molecule has 184 valence electrons. The van der Waals surface area contributed by atoms with Crippen LogP contribution in [0.25, 0.3) is 32.2 Å². The minimum atomic E-state index is -0.355. The standard InChI is InChI=1S/C26H25FN6O2S/c1-15(16-5-7-34-8-6-16)35-22-10-17(18-11-31-33(2)12-18)9-21-23(22)26(29-13-28-21)32-19-3-4-20-25(24(19)27)36-14-30-20/h3-4,9-16H,5-8H2,1-2H3,(H,28,29,32)/t15-/m1/s1. The molecule has 5 aromatic rings. The number of hydrogen-bond donors (Lipinski definition) is 1. The molecule has 0 aliphatic carbocycles. The predicted octanol–water partition coefficient (Wildman–Crippen LogP) is 5.72. The average molecular weight is 505 g/mol. The third-order valence-electron chi connectivity index (χ3n) is 6.67. The van der Waals surface area contributed by atoms with Gasteiger partial charge in [0.2, 0.25) is 0 Å². The molecule has 1 fully saturated rings. The van der Waals surface area contributed by atoms with Crippen LogP contribution in [0.1, 0.15) is 19.8 Å². The molecule has 4 heterocycles. The Morgan fingerprint density at radius 2 is 2.00 bits per heavy atom. The highest BCUT2D eigenvalue weighted by Gasteiger charge is 2.24. The van der Waals surface area contributed by atoms with E-state index in [1.165, 1.54) is 17.7 Å². The largest absolute Gasteiger partial charge is 0.490 e. The number of thiazole rings is 1. The summed E-state index contributed by atoms with van der Waals surface area (Å²) in [6, 6.07) is 7.45. The van der Waals surface area contributed by atoms with Gasteiger partial charge in [-0.05, 0) is 55.5 Å². The van der Waals surface area contributed by atoms with E-state index in [4.69, 9.17) is 9.47 Å². The molecule has 1 N–H and O–H groups in total. The Balaban J connectivity index is 1.45. The molecule has 10 heteroatoms. The number of nitrogens with zero attached hydrogens (tertiary/aromatic N) is 5. The van der Waals surface area contributed by atoms with E-state index in [2.05, 4.69) is 32.3 Å². The fourth-order valence-corrected chi connectivity index (χ4v) is 5.41. The molecule has 0 amide bonds. The highest BCUT2D eigenvalue weighted by molar-refractivity contribution is 7.16. The predicted molar refractivity (Wildman–Crippen MR) is 138 cm³/mol. The van der Waals surface area contributed by atoms with Crippen LogP contribution in [-0.2, 0) is 11.8 Å². The highest BCUT2D eigenvalue weighted by atomic mass is 32.1. The van der Waals surface area contributed by atoms with E-state index in [0.29, 0.717) is 44.3 Å². The maximum atomic E-state index is 15.2. The van der Waals surface area contributed by atoms with Gasteiger partial charge in [0.25, 0.3) is 0 Å². The number of halogens is 1. The number of nitrogens with one attached hydrogen (secondary N) is 1. The molecule has 36 heavy (non-hydrogen) atoms. The van der Waals surface area contributed by atoms with Crippen molar-refractivity contribution in [1.29, 1.82) is 0 Å². The number of aryl methyl sites for hydroxylation is 1. The molecule has 3 aromatic heterocycles. The summed E-state index contributed by atoms with van der Waals surface area (Å²) < 4.78 is 29.6. The zero-order valence-electron chi connectivity index (χ0n) is 19.9. The van der Waals surface area contributed by atoms with Gasteiger partial charge in [-0.15, -0.1) is 11.3 Å². The van der Waals surface area contributed by atoms with Crippen LogP contribution in [0, 0.1) is 11.7 Å². The summed E-state index contributed by atoms with van der Waals surface area (Å²) in [7, 11) is 1.88. The molecule has 1 aliphatic rings. The summed E-state index contributed by atoms with van der Waals surface area (Å²) in [6.45, 7) is 3.57. The molecule has 1 atom stereocenters. The van der Waals surface area contributed by atoms with E-state index in [9.17, 15) is 0 Å². The lowest BCUT2D eigenvalue weighted by molar-refractivity contribution is 0.0244. The second kappa shape index (κ2) is 9.44. The fraction of sp³-hybridized carbons (Fsp3) is 0.308. The van der Waals surface area contributed by atoms with E-state index >= 15 is 4.39 Å². The zero-order valence-corrected chi connectivity index (χ0v) is 20.8. The maximum Gasteiger partial charge on any atom is 0.166 e. The molecular formula is C26H25FN6O2S. The Kier molecular flexibility index (Phi) is 5.98. The van der Waals surface area contributed by atoms with Crippen molar-refractivity contribution in [2.75, 3.05) is 18.5 Å². The van der Waals surface area contributed by atoms with E-state index in [1.807, 2.05) is 31.6 Å². The van der Waals surface area contributed by atoms with Gasteiger partial charge in [0, 0.05) is 32.0 Å². The van der Waals surface area contributed by atoms with E-state index in [-0.39, 0.29) is 11.9 Å². The Bertz CT molecular complexity index is 1540. The number of aromatic nitrogens is 5. The second-order valence-corrected chi connectivity index (χ2v) is 9.87. The molecule has 1 saturated heterocycles. The van der Waals surface area contributed by atoms with Crippen molar-refractivity contribution in [3.8, 4) is 16.9 Å². The van der Waals surface area contributed by atoms with Crippen molar-refractivity contribution in [3.05, 3.63) is 54.3 Å². The van der Waals surface area contributed by atoms with E-state index < -0.39 is 0 Å². The third kappa shape index (κ3) is 4.27. The molecular weight excluding hydrogens is 479 g/mol. The topological polar surface area (TPSA) is 87.0 Å². The number of rotatable bonds is 6. The number of fused-ring (bicyclic) bond motifs is 2. The smallest absolute Gasteiger partial charge is 0.166 e. The first-order valence-corrected chi connectivity index (χ1v) is 12.8. The van der Waals surface area contributed by atoms with Crippen LogP contribution in [0.5, 0.6) is 5.75 Å². The minimum Gasteiger partial charge on any atom is -0.490 e. The summed E-state index contributed by atoms with van der Waals surface area (Å²) in [6.07, 6.45) is 7.10. The molecule has 0 radical (unpaired) electrons. The molecule has 0 saturated carbocycles. The number of hydrogen-bond acceptors (Lipinski definition) is 8. The van der Waals surface area contributed by atoms with Crippen molar-refractivity contribution in [1.82, 2.24) is 24.7 Å². The quantitative estimate of drug-likeness (QED) is 0.317. The molecule has 0 unspecified atom stereocenters. The van der Waals surface area contributed by atoms with Gasteiger partial charge in [-0.3, -0.25) is 4.68 Å². The van der Waals surface area contributed by atoms with E-state index in [0.717, 1.165) is 37.2 Å². The van der Waals surface area contributed by atoms with Crippen molar-refractivity contribution in [2.45, 2.75) is 25.9 Å². The SMILES string of the molecule is C[C@@H](Oc1cc(-c2cnn(C)c2)cc2ncnc(Nc3ccc4ncsc4c3F)c12)C1CCOCC1. The normalized spacial score (nSPS) is 15.4. The van der Waals surface area contributed by atoms with Gasteiger partial charge in [0.1, 0.15) is 17.9 Å². The lowest BCUT2D eigenvalue weighted by Crippen LogP contribution is -2.29. The van der Waals surface area contributed by atoms with Gasteiger partial charge in [-0.2, -0.15) is 5.10 Å². The number of benzene rings is 2. The van der Waals surface area contributed by atoms with Gasteiger partial charge >= 0.3 is 0 Å². The first kappa shape index (κ1) is 22.8. The molecule has 0 spiro atoms. The lowest BCUT2D eigenvalue weighted by Gasteiger charge is -2.29. The maximum absolute atomic E-state index is 15.2. The molecule has 8 nitrogen and oxygen atoms in total. The van der Waals surface area contributed by atoms with E-state index in [1.54, 1.807) is 22.3 Å². The van der Waals surface area contributed by atoms with Crippen molar-refractivity contribution >= 4 is 44.0 Å². The molecule has 2 aromatic carbocycles. The Morgan fingerprint density at radius 3 is 2.81 bits per heavy atom. The first-order valence-electron chi connectivity index (χ1n) is 11.9. The third-order valence-corrected chi connectivity index (χ3v) is 7.51. The highest BCUT2D eigenvalue weighted by Crippen LogP contribution is 2.38. The van der Waals surface area contributed by atoms with Crippen LogP contribution in [0.3, 0.4) is 0 Å². The lowest BCUT2D eigenvalue weighted by atomic mass is 9.95. The van der Waals surface area contributed by atoms with Gasteiger partial charge in [-0.25, -0.2) is 19.3 Å². The van der Waals surface area contributed by atoms with Crippen LogP contribution in [0.15, 0.2) is 48.5 Å². The summed E-state index contributed by atoms with van der Waals surface area (Å²) in [5, 5.41) is 8.20. The van der Waals surface area contributed by atoms with Crippen LogP contribution in [-0.4, -0.2) is 44.1 Å². The second-order valence-electron chi connectivity index (χ2n) is 9.02. The molecule has 1 aliphatic heterocycles. The van der Waals surface area contributed by atoms with Gasteiger partial charge in [-0.1, -0.05) is 0 Å². The van der Waals surface area contributed by atoms with Gasteiger partial charge in [0.05, 0.1) is 44.6 Å². The summed E-state index contributed by atoms with van der Waals surface area (Å²) in [4.78, 5) is 13.2. The van der Waals surface area contributed by atoms with Gasteiger partial charge in [0.15, 0.2) is 5.82 Å². The monoisotopic (exact) mass is 504 g/mol. The summed E-state index contributed by atoms with van der Waals surface area (Å²) in [5.74, 6) is 1.15. The van der Waals surface area contributed by atoms with Crippen LogP contribution >= 0.6 is 11.3 Å². The zero-order chi connectivity index (χ0) is 24.6. The molecule has 0 bridgehead atoms.